The van der Waals surface area contributed by atoms with Crippen LogP contribution in [0.3, 0.4) is 0 Å². The van der Waals surface area contributed by atoms with Crippen LogP contribution in [-0.4, -0.2) is 17.6 Å². The Morgan fingerprint density at radius 1 is 1.50 bits per heavy atom. The van der Waals surface area contributed by atoms with E-state index in [2.05, 4.69) is 12.2 Å². The Morgan fingerprint density at radius 2 is 2.19 bits per heavy atom. The van der Waals surface area contributed by atoms with Crippen molar-refractivity contribution in [3.63, 3.8) is 0 Å². The molecule has 1 aromatic carbocycles. The van der Waals surface area contributed by atoms with Crippen molar-refractivity contribution in [2.75, 3.05) is 6.54 Å². The van der Waals surface area contributed by atoms with Gasteiger partial charge in [-0.1, -0.05) is 6.92 Å². The zero-order chi connectivity index (χ0) is 11.8. The van der Waals surface area contributed by atoms with Gasteiger partial charge < -0.3 is 10.4 Å². The van der Waals surface area contributed by atoms with Gasteiger partial charge in [-0.15, -0.1) is 0 Å². The molecule has 0 saturated heterocycles. The Morgan fingerprint density at radius 3 is 2.75 bits per heavy atom. The van der Waals surface area contributed by atoms with Crippen molar-refractivity contribution in [1.29, 1.82) is 0 Å². The molecule has 0 bridgehead atoms. The molecule has 16 heavy (non-hydrogen) atoms. The van der Waals surface area contributed by atoms with Gasteiger partial charge in [0.25, 0.3) is 5.91 Å². The van der Waals surface area contributed by atoms with E-state index in [0.29, 0.717) is 11.0 Å². The molecule has 0 heterocycles. The van der Waals surface area contributed by atoms with Gasteiger partial charge in [0.1, 0.15) is 5.75 Å². The lowest BCUT2D eigenvalue weighted by Gasteiger charge is -2.10. The van der Waals surface area contributed by atoms with Crippen molar-refractivity contribution in [2.24, 2.45) is 5.41 Å². The van der Waals surface area contributed by atoms with Gasteiger partial charge in [-0.05, 0) is 48.9 Å². The van der Waals surface area contributed by atoms with Crippen LogP contribution in [0.25, 0.3) is 0 Å². The minimum atomic E-state index is -0.0591. The highest BCUT2D eigenvalue weighted by Crippen LogP contribution is 2.44. The fraction of sp³-hybridized carbons (Fsp3) is 0.462. The van der Waals surface area contributed by atoms with Crippen molar-refractivity contribution in [2.45, 2.75) is 26.7 Å². The normalized spacial score (nSPS) is 16.9. The van der Waals surface area contributed by atoms with E-state index in [1.807, 2.05) is 0 Å². The largest absolute Gasteiger partial charge is 0.508 e. The molecule has 0 atom stereocenters. The van der Waals surface area contributed by atoms with E-state index in [-0.39, 0.29) is 11.7 Å². The summed E-state index contributed by atoms with van der Waals surface area (Å²) >= 11 is 0. The number of carbonyl (C=O) groups excluding carboxylic acids is 1. The monoisotopic (exact) mass is 219 g/mol. The molecule has 0 aromatic heterocycles. The molecular formula is C13H17NO2. The summed E-state index contributed by atoms with van der Waals surface area (Å²) < 4.78 is 0. The number of phenolic OH excluding ortho intramolecular Hbond substituents is 1. The first-order chi connectivity index (χ1) is 7.50. The summed E-state index contributed by atoms with van der Waals surface area (Å²) in [6, 6.07) is 4.91. The van der Waals surface area contributed by atoms with Crippen LogP contribution in [-0.2, 0) is 0 Å². The number of aromatic hydroxyl groups is 1. The van der Waals surface area contributed by atoms with Crippen molar-refractivity contribution >= 4 is 5.91 Å². The average Bonchev–Trinajstić information content (AvgIpc) is 2.98. The standard InChI is InChI=1S/C13H17NO2/c1-9-7-10(3-4-11(9)15)12(16)14-8-13(2)5-6-13/h3-4,7,15H,5-6,8H2,1-2H3,(H,14,16). The predicted molar refractivity (Wildman–Crippen MR) is 62.5 cm³/mol. The van der Waals surface area contributed by atoms with Crippen LogP contribution in [0.5, 0.6) is 5.75 Å². The molecule has 0 radical (unpaired) electrons. The molecule has 1 aliphatic carbocycles. The summed E-state index contributed by atoms with van der Waals surface area (Å²) in [5, 5.41) is 12.3. The molecule has 1 amide bonds. The lowest BCUT2D eigenvalue weighted by atomic mass is 10.1. The molecule has 1 aromatic rings. The Hall–Kier alpha value is -1.51. The number of phenols is 1. The maximum Gasteiger partial charge on any atom is 0.251 e. The lowest BCUT2D eigenvalue weighted by molar-refractivity contribution is 0.0946. The summed E-state index contributed by atoms with van der Waals surface area (Å²) in [6.45, 7) is 4.70. The van der Waals surface area contributed by atoms with Crippen LogP contribution in [0, 0.1) is 12.3 Å². The van der Waals surface area contributed by atoms with Crippen molar-refractivity contribution in [1.82, 2.24) is 5.32 Å². The van der Waals surface area contributed by atoms with Crippen LogP contribution in [0.4, 0.5) is 0 Å². The summed E-state index contributed by atoms with van der Waals surface area (Å²) in [6.07, 6.45) is 2.39. The summed E-state index contributed by atoms with van der Waals surface area (Å²) in [5.74, 6) is 0.168. The van der Waals surface area contributed by atoms with E-state index < -0.39 is 0 Å². The van der Waals surface area contributed by atoms with Gasteiger partial charge in [0.05, 0.1) is 0 Å². The van der Waals surface area contributed by atoms with E-state index in [1.165, 1.54) is 12.8 Å². The smallest absolute Gasteiger partial charge is 0.251 e. The Balaban J connectivity index is 2.00. The molecule has 2 N–H and O–H groups in total. The third kappa shape index (κ3) is 2.35. The number of hydrogen-bond donors (Lipinski definition) is 2. The molecule has 3 heteroatoms. The zero-order valence-electron chi connectivity index (χ0n) is 9.71. The maximum atomic E-state index is 11.8. The number of aryl methyl sites for hydroxylation is 1. The molecular weight excluding hydrogens is 202 g/mol. The molecule has 0 spiro atoms. The van der Waals surface area contributed by atoms with Gasteiger partial charge in [-0.25, -0.2) is 0 Å². The van der Waals surface area contributed by atoms with Crippen LogP contribution in [0.15, 0.2) is 18.2 Å². The van der Waals surface area contributed by atoms with Gasteiger partial charge in [0.15, 0.2) is 0 Å². The van der Waals surface area contributed by atoms with Crippen LogP contribution in [0.1, 0.15) is 35.7 Å². The predicted octanol–water partition coefficient (Wildman–Crippen LogP) is 2.23. The minimum absolute atomic E-state index is 0.0591. The molecule has 1 fully saturated rings. The molecule has 0 unspecified atom stereocenters. The average molecular weight is 219 g/mol. The van der Waals surface area contributed by atoms with Crippen molar-refractivity contribution in [3.05, 3.63) is 29.3 Å². The highest BCUT2D eigenvalue weighted by Gasteiger charge is 2.37. The van der Waals surface area contributed by atoms with Crippen molar-refractivity contribution < 1.29 is 9.90 Å². The topological polar surface area (TPSA) is 49.3 Å². The summed E-state index contributed by atoms with van der Waals surface area (Å²) in [7, 11) is 0. The molecule has 1 saturated carbocycles. The second kappa shape index (κ2) is 3.81. The highest BCUT2D eigenvalue weighted by molar-refractivity contribution is 5.94. The minimum Gasteiger partial charge on any atom is -0.508 e. The Bertz CT molecular complexity index is 422. The number of nitrogens with one attached hydrogen (secondary N) is 1. The third-order valence-corrected chi connectivity index (χ3v) is 3.24. The van der Waals surface area contributed by atoms with Gasteiger partial charge >= 0.3 is 0 Å². The first-order valence-corrected chi connectivity index (χ1v) is 5.58. The number of hydrogen-bond acceptors (Lipinski definition) is 2. The van der Waals surface area contributed by atoms with Gasteiger partial charge in [-0.3, -0.25) is 4.79 Å². The van der Waals surface area contributed by atoms with Gasteiger partial charge in [-0.2, -0.15) is 0 Å². The van der Waals surface area contributed by atoms with E-state index in [1.54, 1.807) is 25.1 Å². The fourth-order valence-corrected chi connectivity index (χ4v) is 1.58. The molecule has 2 rings (SSSR count). The second-order valence-corrected chi connectivity index (χ2v) is 4.99. The van der Waals surface area contributed by atoms with E-state index in [4.69, 9.17) is 0 Å². The van der Waals surface area contributed by atoms with Gasteiger partial charge in [0, 0.05) is 12.1 Å². The van der Waals surface area contributed by atoms with Crippen molar-refractivity contribution in [3.8, 4) is 5.75 Å². The molecule has 86 valence electrons. The molecule has 0 aliphatic heterocycles. The Kier molecular flexibility index (Phi) is 2.62. The molecule has 1 aliphatic rings. The first-order valence-electron chi connectivity index (χ1n) is 5.58. The zero-order valence-corrected chi connectivity index (χ0v) is 9.71. The lowest BCUT2D eigenvalue weighted by Crippen LogP contribution is -2.28. The fourth-order valence-electron chi connectivity index (χ4n) is 1.58. The van der Waals surface area contributed by atoms with E-state index >= 15 is 0 Å². The summed E-state index contributed by atoms with van der Waals surface area (Å²) in [4.78, 5) is 11.8. The first kappa shape index (κ1) is 11.0. The van der Waals surface area contributed by atoms with Gasteiger partial charge in [0.2, 0.25) is 0 Å². The van der Waals surface area contributed by atoms with Crippen LogP contribution in [0.2, 0.25) is 0 Å². The number of carbonyl (C=O) groups is 1. The maximum absolute atomic E-state index is 11.8. The quantitative estimate of drug-likeness (QED) is 0.819. The highest BCUT2D eigenvalue weighted by atomic mass is 16.3. The van der Waals surface area contributed by atoms with Crippen LogP contribution < -0.4 is 5.32 Å². The molecule has 3 nitrogen and oxygen atoms in total. The number of benzene rings is 1. The SMILES string of the molecule is Cc1cc(C(=O)NCC2(C)CC2)ccc1O. The van der Waals surface area contributed by atoms with Crippen LogP contribution >= 0.6 is 0 Å². The number of amides is 1. The second-order valence-electron chi connectivity index (χ2n) is 4.99. The van der Waals surface area contributed by atoms with E-state index in [0.717, 1.165) is 12.1 Å². The third-order valence-electron chi connectivity index (χ3n) is 3.24. The number of rotatable bonds is 3. The Labute approximate surface area is 95.5 Å². The van der Waals surface area contributed by atoms with E-state index in [9.17, 15) is 9.90 Å². The summed E-state index contributed by atoms with van der Waals surface area (Å²) in [5.41, 5.74) is 1.66.